The minimum absolute atomic E-state index is 0.277. The van der Waals surface area contributed by atoms with Crippen molar-refractivity contribution in [3.8, 4) is 0 Å². The molecule has 1 unspecified atom stereocenters. The Morgan fingerprint density at radius 3 is 2.53 bits per heavy atom. The fourth-order valence-electron chi connectivity index (χ4n) is 2.08. The van der Waals surface area contributed by atoms with E-state index in [2.05, 4.69) is 70.0 Å². The van der Waals surface area contributed by atoms with Crippen molar-refractivity contribution in [2.45, 2.75) is 25.1 Å². The van der Waals surface area contributed by atoms with Gasteiger partial charge in [-0.2, -0.15) is 0 Å². The molecular formula is C16H15Br2Cl. The third-order valence-electron chi connectivity index (χ3n) is 3.20. The summed E-state index contributed by atoms with van der Waals surface area (Å²) in [4.78, 5) is 0.277. The van der Waals surface area contributed by atoms with Crippen LogP contribution in [0, 0.1) is 13.8 Å². The van der Waals surface area contributed by atoms with Crippen LogP contribution < -0.4 is 0 Å². The normalized spacial score (nSPS) is 12.5. The van der Waals surface area contributed by atoms with E-state index in [0.717, 1.165) is 15.9 Å². The molecule has 0 spiro atoms. The first-order chi connectivity index (χ1) is 8.97. The van der Waals surface area contributed by atoms with Crippen LogP contribution >= 0.6 is 43.5 Å². The Kier molecular flexibility index (Phi) is 5.10. The fourth-order valence-corrected chi connectivity index (χ4v) is 4.09. The van der Waals surface area contributed by atoms with Gasteiger partial charge < -0.3 is 0 Å². The van der Waals surface area contributed by atoms with Crippen LogP contribution in [-0.4, -0.2) is 0 Å². The Morgan fingerprint density at radius 2 is 1.84 bits per heavy atom. The zero-order chi connectivity index (χ0) is 14.0. The first-order valence-electron chi connectivity index (χ1n) is 6.12. The topological polar surface area (TPSA) is 0 Å². The molecule has 0 aliphatic carbocycles. The van der Waals surface area contributed by atoms with Gasteiger partial charge in [-0.1, -0.05) is 73.3 Å². The molecular weight excluding hydrogens is 387 g/mol. The standard InChI is InChI=1S/C16H15Br2Cl/c1-10-3-4-11(2)12(7-10)8-15(17)14-6-5-13(19)9-16(14)18/h3-7,9,15H,8H2,1-2H3. The number of rotatable bonds is 3. The predicted molar refractivity (Wildman–Crippen MR) is 90.4 cm³/mol. The summed E-state index contributed by atoms with van der Waals surface area (Å²) in [6.07, 6.45) is 0.966. The lowest BCUT2D eigenvalue weighted by Gasteiger charge is -2.15. The van der Waals surface area contributed by atoms with Crippen molar-refractivity contribution in [1.29, 1.82) is 0 Å². The van der Waals surface area contributed by atoms with Crippen LogP contribution in [0.2, 0.25) is 5.02 Å². The van der Waals surface area contributed by atoms with Crippen molar-refractivity contribution in [2.75, 3.05) is 0 Å². The lowest BCUT2D eigenvalue weighted by Crippen LogP contribution is -1.99. The highest BCUT2D eigenvalue weighted by molar-refractivity contribution is 9.11. The molecule has 0 saturated carbocycles. The smallest absolute Gasteiger partial charge is 0.0446 e. The molecule has 0 saturated heterocycles. The summed E-state index contributed by atoms with van der Waals surface area (Å²) in [5.41, 5.74) is 5.24. The molecule has 0 nitrogen and oxygen atoms in total. The van der Waals surface area contributed by atoms with Gasteiger partial charge in [0.1, 0.15) is 0 Å². The van der Waals surface area contributed by atoms with Gasteiger partial charge in [0.05, 0.1) is 0 Å². The summed E-state index contributed by atoms with van der Waals surface area (Å²) >= 11 is 13.3. The predicted octanol–water partition coefficient (Wildman–Crippen LogP) is 6.40. The Morgan fingerprint density at radius 1 is 1.11 bits per heavy atom. The second-order valence-corrected chi connectivity index (χ2v) is 7.16. The third kappa shape index (κ3) is 3.84. The SMILES string of the molecule is Cc1ccc(C)c(CC(Br)c2ccc(Cl)cc2Br)c1. The summed E-state index contributed by atoms with van der Waals surface area (Å²) < 4.78 is 1.05. The van der Waals surface area contributed by atoms with Crippen LogP contribution in [0.4, 0.5) is 0 Å². The van der Waals surface area contributed by atoms with Crippen LogP contribution in [0.5, 0.6) is 0 Å². The highest BCUT2D eigenvalue weighted by Gasteiger charge is 2.13. The van der Waals surface area contributed by atoms with Crippen LogP contribution in [0.3, 0.4) is 0 Å². The maximum Gasteiger partial charge on any atom is 0.0446 e. The van der Waals surface area contributed by atoms with Crippen LogP contribution in [0.15, 0.2) is 40.9 Å². The third-order valence-corrected chi connectivity index (χ3v) is 4.94. The number of aryl methyl sites for hydroxylation is 2. The number of hydrogen-bond acceptors (Lipinski definition) is 0. The largest absolute Gasteiger partial charge is 0.0843 e. The van der Waals surface area contributed by atoms with E-state index in [4.69, 9.17) is 11.6 Å². The molecule has 2 aromatic rings. The second kappa shape index (κ2) is 6.43. The van der Waals surface area contributed by atoms with Crippen molar-refractivity contribution in [3.63, 3.8) is 0 Å². The van der Waals surface area contributed by atoms with Gasteiger partial charge in [0.25, 0.3) is 0 Å². The minimum Gasteiger partial charge on any atom is -0.0843 e. The van der Waals surface area contributed by atoms with Crippen LogP contribution in [-0.2, 0) is 6.42 Å². The summed E-state index contributed by atoms with van der Waals surface area (Å²) in [6, 6.07) is 12.5. The monoisotopic (exact) mass is 400 g/mol. The summed E-state index contributed by atoms with van der Waals surface area (Å²) in [5.74, 6) is 0. The fraction of sp³-hybridized carbons (Fsp3) is 0.250. The molecule has 0 fully saturated rings. The van der Waals surface area contributed by atoms with Gasteiger partial charge in [0.15, 0.2) is 0 Å². The Labute approximate surface area is 136 Å². The van der Waals surface area contributed by atoms with E-state index in [9.17, 15) is 0 Å². The molecule has 0 aliphatic heterocycles. The number of alkyl halides is 1. The molecule has 19 heavy (non-hydrogen) atoms. The zero-order valence-corrected chi connectivity index (χ0v) is 14.8. The molecule has 100 valence electrons. The van der Waals surface area contributed by atoms with Crippen molar-refractivity contribution in [3.05, 3.63) is 68.1 Å². The van der Waals surface area contributed by atoms with Gasteiger partial charge in [0.2, 0.25) is 0 Å². The van der Waals surface area contributed by atoms with Gasteiger partial charge in [-0.15, -0.1) is 0 Å². The zero-order valence-electron chi connectivity index (χ0n) is 10.9. The lowest BCUT2D eigenvalue weighted by atomic mass is 9.99. The van der Waals surface area contributed by atoms with Crippen molar-refractivity contribution >= 4 is 43.5 Å². The van der Waals surface area contributed by atoms with E-state index in [1.807, 2.05) is 12.1 Å². The van der Waals surface area contributed by atoms with Crippen LogP contribution in [0.25, 0.3) is 0 Å². The van der Waals surface area contributed by atoms with E-state index in [1.165, 1.54) is 22.3 Å². The molecule has 2 rings (SSSR count). The molecule has 0 aliphatic rings. The molecule has 2 aromatic carbocycles. The van der Waals surface area contributed by atoms with Gasteiger partial charge >= 0.3 is 0 Å². The molecule has 0 radical (unpaired) electrons. The quantitative estimate of drug-likeness (QED) is 0.521. The first kappa shape index (κ1) is 15.1. The number of hydrogen-bond donors (Lipinski definition) is 0. The van der Waals surface area contributed by atoms with E-state index in [1.54, 1.807) is 0 Å². The van der Waals surface area contributed by atoms with E-state index in [-0.39, 0.29) is 4.83 Å². The Bertz CT molecular complexity index is 593. The maximum atomic E-state index is 5.98. The van der Waals surface area contributed by atoms with Crippen molar-refractivity contribution in [1.82, 2.24) is 0 Å². The molecule has 0 heterocycles. The minimum atomic E-state index is 0.277. The van der Waals surface area contributed by atoms with E-state index in [0.29, 0.717) is 0 Å². The van der Waals surface area contributed by atoms with E-state index < -0.39 is 0 Å². The van der Waals surface area contributed by atoms with Crippen molar-refractivity contribution in [2.24, 2.45) is 0 Å². The second-order valence-electron chi connectivity index (χ2n) is 4.77. The van der Waals surface area contributed by atoms with Gasteiger partial charge in [-0.05, 0) is 49.1 Å². The number of halogens is 3. The molecule has 0 bridgehead atoms. The van der Waals surface area contributed by atoms with Crippen molar-refractivity contribution < 1.29 is 0 Å². The summed E-state index contributed by atoms with van der Waals surface area (Å²) in [6.45, 7) is 4.29. The number of benzene rings is 2. The van der Waals surface area contributed by atoms with Gasteiger partial charge in [0, 0.05) is 14.3 Å². The first-order valence-corrected chi connectivity index (χ1v) is 8.21. The maximum absolute atomic E-state index is 5.98. The average molecular weight is 403 g/mol. The van der Waals surface area contributed by atoms with Gasteiger partial charge in [-0.3, -0.25) is 0 Å². The average Bonchev–Trinajstić information content (AvgIpc) is 2.33. The molecule has 0 aromatic heterocycles. The summed E-state index contributed by atoms with van der Waals surface area (Å²) in [5, 5.41) is 0.752. The summed E-state index contributed by atoms with van der Waals surface area (Å²) in [7, 11) is 0. The highest BCUT2D eigenvalue weighted by Crippen LogP contribution is 2.34. The van der Waals surface area contributed by atoms with Gasteiger partial charge in [-0.25, -0.2) is 0 Å². The Balaban J connectivity index is 2.25. The van der Waals surface area contributed by atoms with Crippen LogP contribution in [0.1, 0.15) is 27.1 Å². The lowest BCUT2D eigenvalue weighted by molar-refractivity contribution is 0.931. The van der Waals surface area contributed by atoms with E-state index >= 15 is 0 Å². The Hall–Kier alpha value is -0.310. The molecule has 3 heteroatoms. The molecule has 0 amide bonds. The highest BCUT2D eigenvalue weighted by atomic mass is 79.9. The molecule has 1 atom stereocenters. The molecule has 0 N–H and O–H groups in total.